The van der Waals surface area contributed by atoms with Gasteiger partial charge in [-0.05, 0) is 19.9 Å². The van der Waals surface area contributed by atoms with Gasteiger partial charge < -0.3 is 0 Å². The van der Waals surface area contributed by atoms with E-state index < -0.39 is 0 Å². The van der Waals surface area contributed by atoms with Crippen molar-refractivity contribution < 1.29 is 0 Å². The number of rotatable bonds is 6. The lowest BCUT2D eigenvalue weighted by atomic mass is 10.3. The summed E-state index contributed by atoms with van der Waals surface area (Å²) in [6.45, 7) is 7.52. The van der Waals surface area contributed by atoms with Gasteiger partial charge in [-0.1, -0.05) is 22.9 Å². The van der Waals surface area contributed by atoms with Crippen molar-refractivity contribution >= 4 is 27.3 Å². The van der Waals surface area contributed by atoms with E-state index in [1.807, 2.05) is 0 Å². The molecular formula is C10H17BrN2S. The molecule has 0 amide bonds. The molecule has 14 heavy (non-hydrogen) atoms. The zero-order chi connectivity index (χ0) is 10.4. The normalized spacial score (nSPS) is 11.1. The smallest absolute Gasteiger partial charge is 0.0897 e. The molecule has 2 nitrogen and oxygen atoms in total. The molecule has 1 aromatic rings. The molecule has 0 aliphatic rings. The van der Waals surface area contributed by atoms with E-state index >= 15 is 0 Å². The van der Waals surface area contributed by atoms with E-state index in [4.69, 9.17) is 0 Å². The zero-order valence-electron chi connectivity index (χ0n) is 8.79. The summed E-state index contributed by atoms with van der Waals surface area (Å²) in [4.78, 5) is 6.91. The molecule has 0 spiro atoms. The van der Waals surface area contributed by atoms with Crippen LogP contribution < -0.4 is 0 Å². The Kier molecular flexibility index (Phi) is 5.67. The maximum absolute atomic E-state index is 4.48. The summed E-state index contributed by atoms with van der Waals surface area (Å²) < 4.78 is 0. The minimum Gasteiger partial charge on any atom is -0.297 e. The molecule has 0 aliphatic heterocycles. The molecule has 0 N–H and O–H groups in total. The summed E-state index contributed by atoms with van der Waals surface area (Å²) in [5, 5.41) is 4.36. The van der Waals surface area contributed by atoms with Crippen LogP contribution in [0.2, 0.25) is 0 Å². The second-order valence-electron chi connectivity index (χ2n) is 3.32. The average molecular weight is 277 g/mol. The molecule has 0 saturated carbocycles. The van der Waals surface area contributed by atoms with Crippen LogP contribution in [0.3, 0.4) is 0 Å². The Bertz CT molecular complexity index is 256. The Balaban J connectivity index is 2.46. The average Bonchev–Trinajstić information content (AvgIpc) is 2.52. The molecule has 0 unspecified atom stereocenters. The Labute approximate surface area is 98.5 Å². The van der Waals surface area contributed by atoms with Crippen molar-refractivity contribution in [2.75, 3.05) is 18.4 Å². The molecule has 1 heterocycles. The van der Waals surface area contributed by atoms with Crippen LogP contribution in [0.5, 0.6) is 0 Å². The molecule has 1 rings (SSSR count). The van der Waals surface area contributed by atoms with Gasteiger partial charge in [-0.25, -0.2) is 4.98 Å². The monoisotopic (exact) mass is 276 g/mol. The number of alkyl halides is 1. The van der Waals surface area contributed by atoms with Gasteiger partial charge in [0.1, 0.15) is 0 Å². The molecule has 0 aromatic carbocycles. The van der Waals surface area contributed by atoms with Crippen LogP contribution in [-0.2, 0) is 6.54 Å². The molecule has 4 heteroatoms. The van der Waals surface area contributed by atoms with Gasteiger partial charge in [0.05, 0.1) is 10.7 Å². The highest BCUT2D eigenvalue weighted by molar-refractivity contribution is 9.09. The maximum Gasteiger partial charge on any atom is 0.0897 e. The van der Waals surface area contributed by atoms with Crippen molar-refractivity contribution in [3.63, 3.8) is 0 Å². The van der Waals surface area contributed by atoms with Crippen LogP contribution in [-0.4, -0.2) is 28.3 Å². The van der Waals surface area contributed by atoms with Crippen LogP contribution in [0, 0.1) is 6.92 Å². The third kappa shape index (κ3) is 4.07. The standard InChI is InChI=1S/C10H17BrN2S/c1-3-5-13(6-4-11)7-10-8-14-9(2)12-10/h8H,3-7H2,1-2H3. The number of aromatic nitrogens is 1. The third-order valence-electron chi connectivity index (χ3n) is 1.99. The van der Waals surface area contributed by atoms with Crippen molar-refractivity contribution in [2.24, 2.45) is 0 Å². The highest BCUT2D eigenvalue weighted by Crippen LogP contribution is 2.10. The van der Waals surface area contributed by atoms with Gasteiger partial charge in [0.25, 0.3) is 0 Å². The summed E-state index contributed by atoms with van der Waals surface area (Å²) in [5.74, 6) is 0. The van der Waals surface area contributed by atoms with Gasteiger partial charge in [-0.3, -0.25) is 4.90 Å². The second kappa shape index (κ2) is 6.53. The Morgan fingerprint density at radius 3 is 2.79 bits per heavy atom. The lowest BCUT2D eigenvalue weighted by Gasteiger charge is -2.18. The van der Waals surface area contributed by atoms with Gasteiger partial charge in [0, 0.05) is 23.8 Å². The SMILES string of the molecule is CCCN(CCBr)Cc1csc(C)n1. The number of hydrogen-bond donors (Lipinski definition) is 0. The minimum atomic E-state index is 0.990. The fourth-order valence-electron chi connectivity index (χ4n) is 1.42. The number of nitrogens with zero attached hydrogens (tertiary/aromatic N) is 2. The van der Waals surface area contributed by atoms with Crippen LogP contribution in [0.15, 0.2) is 5.38 Å². The summed E-state index contributed by atoms with van der Waals surface area (Å²) in [7, 11) is 0. The van der Waals surface area contributed by atoms with Crippen LogP contribution in [0.1, 0.15) is 24.0 Å². The number of halogens is 1. The molecule has 0 bridgehead atoms. The fourth-order valence-corrected chi connectivity index (χ4v) is 2.52. The first-order chi connectivity index (χ1) is 6.76. The van der Waals surface area contributed by atoms with E-state index in [1.54, 1.807) is 11.3 Å². The van der Waals surface area contributed by atoms with Gasteiger partial charge in [-0.2, -0.15) is 0 Å². The molecule has 80 valence electrons. The molecule has 1 aromatic heterocycles. The number of thiazole rings is 1. The maximum atomic E-state index is 4.48. The van der Waals surface area contributed by atoms with Crippen molar-refractivity contribution in [2.45, 2.75) is 26.8 Å². The fraction of sp³-hybridized carbons (Fsp3) is 0.700. The highest BCUT2D eigenvalue weighted by atomic mass is 79.9. The Morgan fingerprint density at radius 2 is 2.29 bits per heavy atom. The lowest BCUT2D eigenvalue weighted by molar-refractivity contribution is 0.281. The predicted octanol–water partition coefficient (Wildman–Crippen LogP) is 3.06. The van der Waals surface area contributed by atoms with Crippen LogP contribution in [0.25, 0.3) is 0 Å². The van der Waals surface area contributed by atoms with Crippen LogP contribution in [0.4, 0.5) is 0 Å². The molecule has 0 radical (unpaired) electrons. The largest absolute Gasteiger partial charge is 0.297 e. The molecule has 0 saturated heterocycles. The van der Waals surface area contributed by atoms with Crippen LogP contribution >= 0.6 is 27.3 Å². The van der Waals surface area contributed by atoms with E-state index in [-0.39, 0.29) is 0 Å². The van der Waals surface area contributed by atoms with E-state index in [1.165, 1.54) is 12.1 Å². The van der Waals surface area contributed by atoms with Crippen molar-refractivity contribution in [1.82, 2.24) is 9.88 Å². The summed E-state index contributed by atoms with van der Waals surface area (Å²) in [5.41, 5.74) is 1.21. The number of aryl methyl sites for hydroxylation is 1. The first-order valence-electron chi connectivity index (χ1n) is 4.95. The van der Waals surface area contributed by atoms with Crippen molar-refractivity contribution in [1.29, 1.82) is 0 Å². The van der Waals surface area contributed by atoms with Gasteiger partial charge in [-0.15, -0.1) is 11.3 Å². The summed E-state index contributed by atoms with van der Waals surface area (Å²) in [6.07, 6.45) is 1.20. The minimum absolute atomic E-state index is 0.990. The lowest BCUT2D eigenvalue weighted by Crippen LogP contribution is -2.26. The quantitative estimate of drug-likeness (QED) is 0.743. The molecule has 0 fully saturated rings. The van der Waals surface area contributed by atoms with Crippen molar-refractivity contribution in [3.8, 4) is 0 Å². The van der Waals surface area contributed by atoms with Gasteiger partial charge in [0.2, 0.25) is 0 Å². The van der Waals surface area contributed by atoms with Crippen molar-refractivity contribution in [3.05, 3.63) is 16.1 Å². The summed E-state index contributed by atoms with van der Waals surface area (Å²) >= 11 is 5.21. The predicted molar refractivity (Wildman–Crippen MR) is 66.2 cm³/mol. The third-order valence-corrected chi connectivity index (χ3v) is 3.17. The topological polar surface area (TPSA) is 16.1 Å². The summed E-state index contributed by atoms with van der Waals surface area (Å²) in [6, 6.07) is 0. The first kappa shape index (κ1) is 12.1. The highest BCUT2D eigenvalue weighted by Gasteiger charge is 2.06. The number of hydrogen-bond acceptors (Lipinski definition) is 3. The van der Waals surface area contributed by atoms with Gasteiger partial charge >= 0.3 is 0 Å². The molecule has 0 atom stereocenters. The zero-order valence-corrected chi connectivity index (χ0v) is 11.2. The molecule has 0 aliphatic carbocycles. The van der Waals surface area contributed by atoms with Gasteiger partial charge in [0.15, 0.2) is 0 Å². The van der Waals surface area contributed by atoms with E-state index in [0.29, 0.717) is 0 Å². The Hall–Kier alpha value is 0.0700. The second-order valence-corrected chi connectivity index (χ2v) is 5.18. The van der Waals surface area contributed by atoms with E-state index in [0.717, 1.165) is 30.0 Å². The Morgan fingerprint density at radius 1 is 1.50 bits per heavy atom. The molecular weight excluding hydrogens is 260 g/mol. The van der Waals surface area contributed by atoms with E-state index in [9.17, 15) is 0 Å². The van der Waals surface area contributed by atoms with E-state index in [2.05, 4.69) is 45.0 Å². The first-order valence-corrected chi connectivity index (χ1v) is 6.95.